The summed E-state index contributed by atoms with van der Waals surface area (Å²) in [5, 5.41) is 1.40. The third kappa shape index (κ3) is 2.75. The lowest BCUT2D eigenvalue weighted by Gasteiger charge is -2.23. The number of allylic oxidation sites excluding steroid dienone is 1. The summed E-state index contributed by atoms with van der Waals surface area (Å²) in [5.74, 6) is 0.778. The van der Waals surface area contributed by atoms with Crippen LogP contribution >= 0.6 is 0 Å². The fourth-order valence-electron chi connectivity index (χ4n) is 3.26. The molecule has 122 valence electrons. The molecule has 4 rings (SSSR count). The van der Waals surface area contributed by atoms with E-state index in [-0.39, 0.29) is 12.1 Å². The van der Waals surface area contributed by atoms with Gasteiger partial charge in [-0.05, 0) is 29.7 Å². The normalized spacial score (nSPS) is 22.1. The number of hydroxylamine groups is 2. The molecule has 1 aliphatic heterocycles. The molecule has 2 atom stereocenters. The van der Waals surface area contributed by atoms with E-state index < -0.39 is 6.09 Å². The van der Waals surface area contributed by atoms with Gasteiger partial charge in [-0.1, -0.05) is 54.6 Å². The number of benzene rings is 2. The van der Waals surface area contributed by atoms with Crippen LogP contribution in [0.2, 0.25) is 0 Å². The van der Waals surface area contributed by atoms with Crippen molar-refractivity contribution in [2.45, 2.75) is 31.9 Å². The Morgan fingerprint density at radius 3 is 2.67 bits per heavy atom. The predicted molar refractivity (Wildman–Crippen MR) is 90.9 cm³/mol. The van der Waals surface area contributed by atoms with Gasteiger partial charge in [-0.25, -0.2) is 4.79 Å². The maximum atomic E-state index is 12.2. The second-order valence-corrected chi connectivity index (χ2v) is 6.25. The number of fused-ring (bicyclic) bond motifs is 1. The highest BCUT2D eigenvalue weighted by Gasteiger charge is 2.42. The van der Waals surface area contributed by atoms with Gasteiger partial charge >= 0.3 is 6.09 Å². The van der Waals surface area contributed by atoms with Crippen molar-refractivity contribution in [3.05, 3.63) is 77.0 Å². The average molecular weight is 321 g/mol. The number of carbonyl (C=O) groups excluding carboxylic acids is 1. The van der Waals surface area contributed by atoms with Crippen LogP contribution in [-0.2, 0) is 22.4 Å². The first-order valence-electron chi connectivity index (χ1n) is 8.21. The molecule has 0 aromatic heterocycles. The van der Waals surface area contributed by atoms with Crippen LogP contribution in [0.15, 0.2) is 60.4 Å². The number of amides is 1. The molecular formula is C20H19NO3. The Hall–Kier alpha value is -2.75. The van der Waals surface area contributed by atoms with E-state index >= 15 is 0 Å². The summed E-state index contributed by atoms with van der Waals surface area (Å²) in [5.41, 5.74) is 3.52. The van der Waals surface area contributed by atoms with Crippen LogP contribution in [0.4, 0.5) is 4.79 Å². The highest BCUT2D eigenvalue weighted by atomic mass is 16.7. The zero-order chi connectivity index (χ0) is 16.5. The van der Waals surface area contributed by atoms with E-state index in [9.17, 15) is 4.79 Å². The zero-order valence-electron chi connectivity index (χ0n) is 13.5. The molecular weight excluding hydrogens is 302 g/mol. The maximum Gasteiger partial charge on any atom is 0.443 e. The Morgan fingerprint density at radius 2 is 1.88 bits per heavy atom. The first-order chi connectivity index (χ1) is 11.7. The van der Waals surface area contributed by atoms with Crippen molar-refractivity contribution in [3.8, 4) is 0 Å². The Bertz CT molecular complexity index is 784. The van der Waals surface area contributed by atoms with E-state index in [1.165, 1.54) is 10.6 Å². The second-order valence-electron chi connectivity index (χ2n) is 6.25. The van der Waals surface area contributed by atoms with Crippen molar-refractivity contribution in [1.29, 1.82) is 0 Å². The SMILES string of the molecule is CC1OC(=O)N(OC2=Cc3ccccc3C2)C1Cc1ccccc1. The molecule has 0 bridgehead atoms. The van der Waals surface area contributed by atoms with Crippen molar-refractivity contribution in [2.75, 3.05) is 0 Å². The van der Waals surface area contributed by atoms with E-state index in [1.807, 2.05) is 43.3 Å². The van der Waals surface area contributed by atoms with E-state index in [2.05, 4.69) is 24.3 Å². The summed E-state index contributed by atoms with van der Waals surface area (Å²) in [4.78, 5) is 18.1. The molecule has 0 saturated carbocycles. The van der Waals surface area contributed by atoms with E-state index in [1.54, 1.807) is 0 Å². The Kier molecular flexibility index (Phi) is 3.73. The number of hydrogen-bond donors (Lipinski definition) is 0. The summed E-state index contributed by atoms with van der Waals surface area (Å²) >= 11 is 0. The van der Waals surface area contributed by atoms with Crippen molar-refractivity contribution >= 4 is 12.2 Å². The number of carbonyl (C=O) groups is 1. The van der Waals surface area contributed by atoms with Gasteiger partial charge in [0.1, 0.15) is 17.9 Å². The minimum Gasteiger partial charge on any atom is -0.442 e. The molecule has 2 aromatic carbocycles. The number of ether oxygens (including phenoxy) is 1. The quantitative estimate of drug-likeness (QED) is 0.855. The first kappa shape index (κ1) is 14.8. The van der Waals surface area contributed by atoms with Gasteiger partial charge in [0.05, 0.1) is 0 Å². The number of cyclic esters (lactones) is 1. The molecule has 0 radical (unpaired) electrons. The fourth-order valence-corrected chi connectivity index (χ4v) is 3.26. The van der Waals surface area contributed by atoms with Crippen LogP contribution in [0.25, 0.3) is 6.08 Å². The van der Waals surface area contributed by atoms with Gasteiger partial charge in [0, 0.05) is 12.8 Å². The molecule has 1 heterocycles. The van der Waals surface area contributed by atoms with E-state index in [4.69, 9.17) is 9.57 Å². The van der Waals surface area contributed by atoms with Crippen LogP contribution < -0.4 is 0 Å². The summed E-state index contributed by atoms with van der Waals surface area (Å²) < 4.78 is 5.38. The van der Waals surface area contributed by atoms with Gasteiger partial charge in [-0.2, -0.15) is 0 Å². The molecule has 4 nitrogen and oxygen atoms in total. The minimum absolute atomic E-state index is 0.135. The van der Waals surface area contributed by atoms with Crippen LogP contribution in [0.1, 0.15) is 23.6 Å². The summed E-state index contributed by atoms with van der Waals surface area (Å²) in [6.07, 6.45) is 2.77. The van der Waals surface area contributed by atoms with Gasteiger partial charge in [-0.15, -0.1) is 5.06 Å². The molecule has 0 spiro atoms. The van der Waals surface area contributed by atoms with Gasteiger partial charge in [0.25, 0.3) is 0 Å². The van der Waals surface area contributed by atoms with Crippen LogP contribution in [0, 0.1) is 0 Å². The summed E-state index contributed by atoms with van der Waals surface area (Å²) in [6, 6.07) is 18.1. The van der Waals surface area contributed by atoms with E-state index in [0.29, 0.717) is 12.8 Å². The number of nitrogens with zero attached hydrogens (tertiary/aromatic N) is 1. The van der Waals surface area contributed by atoms with Gasteiger partial charge in [-0.3, -0.25) is 0 Å². The number of hydrogen-bond acceptors (Lipinski definition) is 3. The molecule has 24 heavy (non-hydrogen) atoms. The maximum absolute atomic E-state index is 12.2. The lowest BCUT2D eigenvalue weighted by Crippen LogP contribution is -2.37. The third-order valence-corrected chi connectivity index (χ3v) is 4.55. The van der Waals surface area contributed by atoms with E-state index in [0.717, 1.165) is 16.9 Å². The predicted octanol–water partition coefficient (Wildman–Crippen LogP) is 3.97. The Morgan fingerprint density at radius 1 is 1.12 bits per heavy atom. The number of rotatable bonds is 4. The van der Waals surface area contributed by atoms with Gasteiger partial charge in [0.2, 0.25) is 0 Å². The largest absolute Gasteiger partial charge is 0.443 e. The van der Waals surface area contributed by atoms with Crippen molar-refractivity contribution in [3.63, 3.8) is 0 Å². The molecule has 4 heteroatoms. The topological polar surface area (TPSA) is 38.8 Å². The van der Waals surface area contributed by atoms with Crippen molar-refractivity contribution < 1.29 is 14.4 Å². The smallest absolute Gasteiger partial charge is 0.442 e. The lowest BCUT2D eigenvalue weighted by molar-refractivity contribution is -0.0922. The average Bonchev–Trinajstić information content (AvgIpc) is 3.11. The molecule has 1 fully saturated rings. The Labute approximate surface area is 141 Å². The van der Waals surface area contributed by atoms with Gasteiger partial charge in [0.15, 0.2) is 0 Å². The van der Waals surface area contributed by atoms with Crippen molar-refractivity contribution in [2.24, 2.45) is 0 Å². The zero-order valence-corrected chi connectivity index (χ0v) is 13.5. The highest BCUT2D eigenvalue weighted by molar-refractivity contribution is 5.70. The summed E-state index contributed by atoms with van der Waals surface area (Å²) in [6.45, 7) is 1.91. The third-order valence-electron chi connectivity index (χ3n) is 4.55. The molecule has 1 amide bonds. The molecule has 2 aliphatic rings. The molecule has 2 aromatic rings. The standard InChI is InChI=1S/C20H19NO3/c1-14-19(11-15-7-3-2-4-8-15)21(20(22)23-14)24-18-12-16-9-5-6-10-17(16)13-18/h2-10,12,14,19H,11,13H2,1H3. The molecule has 1 aliphatic carbocycles. The molecule has 2 unspecified atom stereocenters. The second kappa shape index (κ2) is 6.04. The van der Waals surface area contributed by atoms with Crippen LogP contribution in [-0.4, -0.2) is 23.3 Å². The fraction of sp³-hybridized carbons (Fsp3) is 0.250. The van der Waals surface area contributed by atoms with Crippen molar-refractivity contribution in [1.82, 2.24) is 5.06 Å². The molecule has 1 saturated heterocycles. The minimum atomic E-state index is -0.416. The first-order valence-corrected chi connectivity index (χ1v) is 8.21. The van der Waals surface area contributed by atoms with Crippen LogP contribution in [0.3, 0.4) is 0 Å². The monoisotopic (exact) mass is 321 g/mol. The Balaban J connectivity index is 1.51. The summed E-state index contributed by atoms with van der Waals surface area (Å²) in [7, 11) is 0. The lowest BCUT2D eigenvalue weighted by atomic mass is 10.0. The van der Waals surface area contributed by atoms with Crippen LogP contribution in [0.5, 0.6) is 0 Å². The molecule has 0 N–H and O–H groups in total. The highest BCUT2D eigenvalue weighted by Crippen LogP contribution is 2.30. The van der Waals surface area contributed by atoms with Gasteiger partial charge < -0.3 is 9.57 Å².